The first-order chi connectivity index (χ1) is 13.9. The van der Waals surface area contributed by atoms with Crippen LogP contribution >= 0.6 is 0 Å². The van der Waals surface area contributed by atoms with Crippen LogP contribution in [-0.2, 0) is 0 Å². The third-order valence-corrected chi connectivity index (χ3v) is 4.32. The van der Waals surface area contributed by atoms with Crippen molar-refractivity contribution < 1.29 is 19.0 Å². The minimum Gasteiger partial charge on any atom is -0.505 e. The van der Waals surface area contributed by atoms with E-state index in [1.54, 1.807) is 24.3 Å². The summed E-state index contributed by atoms with van der Waals surface area (Å²) in [6.45, 7) is 0. The van der Waals surface area contributed by atoms with E-state index in [1.807, 2.05) is 0 Å². The molecule has 2 aromatic heterocycles. The minimum absolute atomic E-state index is 0.000966. The second-order valence-electron chi connectivity index (χ2n) is 6.03. The summed E-state index contributed by atoms with van der Waals surface area (Å²) in [6.07, 6.45) is 0. The Morgan fingerprint density at radius 2 is 1.97 bits per heavy atom. The van der Waals surface area contributed by atoms with Gasteiger partial charge in [-0.05, 0) is 24.3 Å². The summed E-state index contributed by atoms with van der Waals surface area (Å²) in [5.74, 6) is -2.36. The molecule has 4 aromatic rings. The topological polar surface area (TPSA) is 136 Å². The third kappa shape index (κ3) is 2.87. The quantitative estimate of drug-likeness (QED) is 0.481. The lowest BCUT2D eigenvalue weighted by atomic mass is 10.1. The number of H-pyrrole nitrogens is 1. The summed E-state index contributed by atoms with van der Waals surface area (Å²) >= 11 is 0. The van der Waals surface area contributed by atoms with E-state index in [-0.39, 0.29) is 28.2 Å². The standard InChI is InChI=1S/C19H14FN5O4/c1-29-12-8-3-2-6-10(12)25-18-15(23-19(25)28)14(16(21)27)22-17(24-18)9-5-4-7-11(26)13(9)20/h2-8,26H,1H3,(H2,21,27)(H,23,28). The number of rotatable bonds is 4. The van der Waals surface area contributed by atoms with Crippen molar-refractivity contribution >= 4 is 17.1 Å². The molecule has 4 rings (SSSR count). The highest BCUT2D eigenvalue weighted by Gasteiger charge is 2.23. The Balaban J connectivity index is 2.11. The average Bonchev–Trinajstić information content (AvgIpc) is 3.04. The highest BCUT2D eigenvalue weighted by atomic mass is 19.1. The van der Waals surface area contributed by atoms with E-state index in [0.29, 0.717) is 11.4 Å². The Labute approximate surface area is 162 Å². The number of carbonyl (C=O) groups is 1. The number of aromatic nitrogens is 4. The van der Waals surface area contributed by atoms with E-state index in [9.17, 15) is 19.1 Å². The normalized spacial score (nSPS) is 11.0. The van der Waals surface area contributed by atoms with Crippen LogP contribution in [0.2, 0.25) is 0 Å². The first-order valence-corrected chi connectivity index (χ1v) is 8.36. The number of fused-ring (bicyclic) bond motifs is 1. The summed E-state index contributed by atoms with van der Waals surface area (Å²) in [4.78, 5) is 35.4. The van der Waals surface area contributed by atoms with E-state index in [1.165, 1.54) is 23.8 Å². The number of amides is 1. The molecule has 29 heavy (non-hydrogen) atoms. The smallest absolute Gasteiger partial charge is 0.332 e. The van der Waals surface area contributed by atoms with Crippen molar-refractivity contribution in [2.75, 3.05) is 7.11 Å². The Kier molecular flexibility index (Phi) is 4.23. The number of carbonyl (C=O) groups excluding carboxylic acids is 1. The summed E-state index contributed by atoms with van der Waals surface area (Å²) in [7, 11) is 1.44. The van der Waals surface area contributed by atoms with Crippen molar-refractivity contribution in [3.05, 3.63) is 64.5 Å². The molecule has 146 valence electrons. The van der Waals surface area contributed by atoms with Crippen LogP contribution in [0.1, 0.15) is 10.5 Å². The zero-order valence-electron chi connectivity index (χ0n) is 15.0. The number of aromatic amines is 1. The van der Waals surface area contributed by atoms with Crippen molar-refractivity contribution in [3.63, 3.8) is 0 Å². The first-order valence-electron chi connectivity index (χ1n) is 8.36. The molecule has 0 radical (unpaired) electrons. The van der Waals surface area contributed by atoms with Crippen molar-refractivity contribution in [1.29, 1.82) is 0 Å². The van der Waals surface area contributed by atoms with Gasteiger partial charge >= 0.3 is 5.69 Å². The summed E-state index contributed by atoms with van der Waals surface area (Å²) in [5, 5.41) is 9.66. The van der Waals surface area contributed by atoms with Crippen LogP contribution in [0.5, 0.6) is 11.5 Å². The number of nitrogens with two attached hydrogens (primary N) is 1. The fraction of sp³-hybridized carbons (Fsp3) is 0.0526. The Bertz CT molecular complexity index is 1330. The van der Waals surface area contributed by atoms with Crippen LogP contribution in [0.25, 0.3) is 28.2 Å². The zero-order valence-corrected chi connectivity index (χ0v) is 15.0. The number of imidazole rings is 1. The van der Waals surface area contributed by atoms with Crippen molar-refractivity contribution in [1.82, 2.24) is 19.5 Å². The van der Waals surface area contributed by atoms with Gasteiger partial charge in [0.15, 0.2) is 28.7 Å². The van der Waals surface area contributed by atoms with Crippen molar-refractivity contribution in [2.45, 2.75) is 0 Å². The highest BCUT2D eigenvalue weighted by molar-refractivity contribution is 6.02. The number of primary amides is 1. The van der Waals surface area contributed by atoms with Gasteiger partial charge in [-0.2, -0.15) is 0 Å². The molecule has 2 heterocycles. The molecule has 0 atom stereocenters. The van der Waals surface area contributed by atoms with Gasteiger partial charge in [-0.3, -0.25) is 4.79 Å². The van der Waals surface area contributed by atoms with Gasteiger partial charge in [0.05, 0.1) is 18.4 Å². The lowest BCUT2D eigenvalue weighted by Gasteiger charge is -2.10. The number of benzene rings is 2. The number of hydrogen-bond donors (Lipinski definition) is 3. The molecule has 0 saturated carbocycles. The second-order valence-corrected chi connectivity index (χ2v) is 6.03. The van der Waals surface area contributed by atoms with Crippen LogP contribution < -0.4 is 16.2 Å². The summed E-state index contributed by atoms with van der Waals surface area (Å²) in [5.41, 5.74) is 4.70. The molecular formula is C19H14FN5O4. The number of nitrogens with zero attached hydrogens (tertiary/aromatic N) is 3. The number of halogens is 1. The van der Waals surface area contributed by atoms with Gasteiger partial charge in [0.25, 0.3) is 5.91 Å². The Morgan fingerprint density at radius 3 is 2.69 bits per heavy atom. The second kappa shape index (κ2) is 6.75. The fourth-order valence-electron chi connectivity index (χ4n) is 3.01. The lowest BCUT2D eigenvalue weighted by Crippen LogP contribution is -2.16. The number of phenolic OH excluding ortho intramolecular Hbond substituents is 1. The predicted molar refractivity (Wildman–Crippen MR) is 102 cm³/mol. The molecule has 4 N–H and O–H groups in total. The average molecular weight is 395 g/mol. The van der Waals surface area contributed by atoms with Crippen molar-refractivity contribution in [3.8, 4) is 28.6 Å². The van der Waals surface area contributed by atoms with E-state index >= 15 is 0 Å². The molecule has 0 saturated heterocycles. The van der Waals surface area contributed by atoms with Crippen LogP contribution in [0.3, 0.4) is 0 Å². The molecule has 0 aliphatic carbocycles. The molecule has 2 aromatic carbocycles. The maximum Gasteiger partial charge on any atom is 0.332 e. The summed E-state index contributed by atoms with van der Waals surface area (Å²) < 4.78 is 20.9. The number of nitrogens with one attached hydrogen (secondary N) is 1. The minimum atomic E-state index is -0.969. The van der Waals surface area contributed by atoms with Crippen LogP contribution in [0.4, 0.5) is 4.39 Å². The van der Waals surface area contributed by atoms with Crippen LogP contribution in [-0.4, -0.2) is 37.6 Å². The molecule has 0 fully saturated rings. The molecular weight excluding hydrogens is 381 g/mol. The molecule has 9 nitrogen and oxygen atoms in total. The monoisotopic (exact) mass is 395 g/mol. The van der Waals surface area contributed by atoms with E-state index in [0.717, 1.165) is 6.07 Å². The third-order valence-electron chi connectivity index (χ3n) is 4.32. The first kappa shape index (κ1) is 18.2. The Hall–Kier alpha value is -4.21. The van der Waals surface area contributed by atoms with Gasteiger partial charge in [-0.25, -0.2) is 23.7 Å². The van der Waals surface area contributed by atoms with E-state index in [2.05, 4.69) is 15.0 Å². The molecule has 0 bridgehead atoms. The Morgan fingerprint density at radius 1 is 1.21 bits per heavy atom. The van der Waals surface area contributed by atoms with Gasteiger partial charge in [0.2, 0.25) is 0 Å². The maximum atomic E-state index is 14.4. The molecule has 0 spiro atoms. The van der Waals surface area contributed by atoms with Crippen LogP contribution in [0, 0.1) is 5.82 Å². The number of para-hydroxylation sites is 2. The molecule has 10 heteroatoms. The maximum absolute atomic E-state index is 14.4. The number of phenols is 1. The van der Waals surface area contributed by atoms with Gasteiger partial charge < -0.3 is 20.6 Å². The highest BCUT2D eigenvalue weighted by Crippen LogP contribution is 2.29. The zero-order chi connectivity index (χ0) is 20.7. The van der Waals surface area contributed by atoms with Gasteiger partial charge in [0, 0.05) is 0 Å². The van der Waals surface area contributed by atoms with Gasteiger partial charge in [0.1, 0.15) is 11.3 Å². The molecule has 1 amide bonds. The number of ether oxygens (including phenoxy) is 1. The predicted octanol–water partition coefficient (Wildman–Crippen LogP) is 1.73. The lowest BCUT2D eigenvalue weighted by molar-refractivity contribution is 0.0997. The van der Waals surface area contributed by atoms with Crippen LogP contribution in [0.15, 0.2) is 47.3 Å². The fourth-order valence-corrected chi connectivity index (χ4v) is 3.01. The van der Waals surface area contributed by atoms with Gasteiger partial charge in [-0.15, -0.1) is 0 Å². The molecule has 0 aliphatic heterocycles. The van der Waals surface area contributed by atoms with Crippen molar-refractivity contribution in [2.24, 2.45) is 5.73 Å². The summed E-state index contributed by atoms with van der Waals surface area (Å²) in [6, 6.07) is 10.6. The largest absolute Gasteiger partial charge is 0.505 e. The SMILES string of the molecule is COc1ccccc1-n1c(=O)[nH]c2c(C(N)=O)nc(-c3cccc(O)c3F)nc21. The van der Waals surface area contributed by atoms with E-state index in [4.69, 9.17) is 10.5 Å². The number of hydrogen-bond acceptors (Lipinski definition) is 6. The number of methoxy groups -OCH3 is 1. The number of aromatic hydroxyl groups is 1. The van der Waals surface area contributed by atoms with Gasteiger partial charge in [-0.1, -0.05) is 18.2 Å². The molecule has 0 unspecified atom stereocenters. The van der Waals surface area contributed by atoms with E-state index < -0.39 is 23.2 Å². The molecule has 0 aliphatic rings.